The van der Waals surface area contributed by atoms with E-state index < -0.39 is 6.04 Å². The summed E-state index contributed by atoms with van der Waals surface area (Å²) in [6, 6.07) is 26.0. The molecule has 4 rings (SSSR count). The third-order valence-corrected chi connectivity index (χ3v) is 7.71. The Labute approximate surface area is 229 Å². The average Bonchev–Trinajstić information content (AvgIpc) is 2.91. The third-order valence-electron chi connectivity index (χ3n) is 7.21. The predicted molar refractivity (Wildman–Crippen MR) is 153 cm³/mol. The van der Waals surface area contributed by atoms with Crippen LogP contribution in [-0.4, -0.2) is 28.8 Å². The van der Waals surface area contributed by atoms with Crippen LogP contribution in [0.3, 0.4) is 0 Å². The second-order valence-electron chi connectivity index (χ2n) is 10.2. The Hall–Kier alpha value is -2.92. The van der Waals surface area contributed by atoms with Crippen LogP contribution in [0.5, 0.6) is 0 Å². The van der Waals surface area contributed by atoms with Crippen molar-refractivity contribution < 1.29 is 9.59 Å². The lowest BCUT2D eigenvalue weighted by atomic mass is 9.94. The topological polar surface area (TPSA) is 49.4 Å². The first-order valence-electron chi connectivity index (χ1n) is 13.4. The molecule has 5 heteroatoms. The van der Waals surface area contributed by atoms with E-state index in [4.69, 9.17) is 0 Å². The molecule has 4 nitrogen and oxygen atoms in total. The molecule has 0 spiro atoms. The van der Waals surface area contributed by atoms with Crippen LogP contribution in [0.15, 0.2) is 83.3 Å². The Balaban J connectivity index is 1.60. The molecule has 1 saturated carbocycles. The Kier molecular flexibility index (Phi) is 9.95. The number of nitrogens with one attached hydrogen (secondary N) is 1. The van der Waals surface area contributed by atoms with Gasteiger partial charge in [-0.1, -0.05) is 107 Å². The van der Waals surface area contributed by atoms with Gasteiger partial charge in [0.15, 0.2) is 0 Å². The van der Waals surface area contributed by atoms with Gasteiger partial charge in [0.25, 0.3) is 0 Å². The molecule has 0 radical (unpaired) electrons. The van der Waals surface area contributed by atoms with Crippen molar-refractivity contribution in [2.75, 3.05) is 0 Å². The molecule has 3 aromatic rings. The second-order valence-corrected chi connectivity index (χ2v) is 11.1. The molecular formula is C32H37BrN2O2. The van der Waals surface area contributed by atoms with Gasteiger partial charge in [-0.3, -0.25) is 9.59 Å². The Morgan fingerprint density at radius 3 is 2.30 bits per heavy atom. The summed E-state index contributed by atoms with van der Waals surface area (Å²) in [5, 5.41) is 3.31. The van der Waals surface area contributed by atoms with E-state index in [1.807, 2.05) is 54.6 Å². The average molecular weight is 562 g/mol. The predicted octanol–water partition coefficient (Wildman–Crippen LogP) is 6.78. The van der Waals surface area contributed by atoms with E-state index in [9.17, 15) is 9.59 Å². The molecule has 0 aromatic heterocycles. The fourth-order valence-corrected chi connectivity index (χ4v) is 5.53. The highest BCUT2D eigenvalue weighted by Crippen LogP contribution is 2.21. The van der Waals surface area contributed by atoms with Crippen molar-refractivity contribution in [3.63, 3.8) is 0 Å². The van der Waals surface area contributed by atoms with Gasteiger partial charge in [-0.2, -0.15) is 0 Å². The van der Waals surface area contributed by atoms with Crippen LogP contribution < -0.4 is 5.32 Å². The lowest BCUT2D eigenvalue weighted by molar-refractivity contribution is -0.141. The molecule has 1 unspecified atom stereocenters. The van der Waals surface area contributed by atoms with Crippen molar-refractivity contribution in [2.45, 2.75) is 76.9 Å². The number of halogens is 1. The summed E-state index contributed by atoms with van der Waals surface area (Å²) in [7, 11) is 0. The van der Waals surface area contributed by atoms with Crippen LogP contribution in [0.25, 0.3) is 0 Å². The minimum absolute atomic E-state index is 0.000255. The number of hydrogen-bond donors (Lipinski definition) is 1. The molecule has 1 aliphatic carbocycles. The third kappa shape index (κ3) is 8.29. The highest BCUT2D eigenvalue weighted by Gasteiger charge is 2.31. The molecule has 1 aliphatic rings. The SMILES string of the molecule is Cc1ccc(CCC(=O)N(Cc2cccc(Br)c2)C(Cc2ccccc2)C(=O)NC2CCCCC2)cc1. The van der Waals surface area contributed by atoms with Crippen molar-refractivity contribution in [3.05, 3.63) is 106 Å². The highest BCUT2D eigenvalue weighted by molar-refractivity contribution is 9.10. The van der Waals surface area contributed by atoms with Gasteiger partial charge in [0, 0.05) is 29.9 Å². The second kappa shape index (κ2) is 13.6. The molecule has 1 atom stereocenters. The molecule has 0 heterocycles. The van der Waals surface area contributed by atoms with E-state index in [1.165, 1.54) is 12.0 Å². The number of hydrogen-bond acceptors (Lipinski definition) is 2. The zero-order chi connectivity index (χ0) is 26.0. The Morgan fingerprint density at radius 2 is 1.59 bits per heavy atom. The van der Waals surface area contributed by atoms with Gasteiger partial charge < -0.3 is 10.2 Å². The van der Waals surface area contributed by atoms with Gasteiger partial charge >= 0.3 is 0 Å². The Morgan fingerprint density at radius 1 is 0.892 bits per heavy atom. The van der Waals surface area contributed by atoms with Crippen LogP contribution in [0, 0.1) is 6.92 Å². The lowest BCUT2D eigenvalue weighted by Crippen LogP contribution is -2.52. The molecule has 1 N–H and O–H groups in total. The van der Waals surface area contributed by atoms with E-state index >= 15 is 0 Å². The van der Waals surface area contributed by atoms with Crippen molar-refractivity contribution in [1.82, 2.24) is 10.2 Å². The van der Waals surface area contributed by atoms with E-state index in [2.05, 4.69) is 52.4 Å². The van der Waals surface area contributed by atoms with Crippen molar-refractivity contribution in [2.24, 2.45) is 0 Å². The van der Waals surface area contributed by atoms with Crippen LogP contribution in [0.2, 0.25) is 0 Å². The summed E-state index contributed by atoms with van der Waals surface area (Å²) in [5.41, 5.74) is 4.39. The maximum Gasteiger partial charge on any atom is 0.243 e. The molecule has 37 heavy (non-hydrogen) atoms. The zero-order valence-corrected chi connectivity index (χ0v) is 23.3. The fraction of sp³-hybridized carbons (Fsp3) is 0.375. The maximum absolute atomic E-state index is 13.8. The first-order chi connectivity index (χ1) is 18.0. The number of carbonyl (C=O) groups excluding carboxylic acids is 2. The standard InChI is InChI=1S/C32H37BrN2O2/c1-24-15-17-25(18-16-24)19-20-31(36)35(23-27-11-8-12-28(33)21-27)30(22-26-9-4-2-5-10-26)32(37)34-29-13-6-3-7-14-29/h2,4-5,8-12,15-18,21,29-30H,3,6-7,13-14,19-20,22-23H2,1H3,(H,34,37). The molecule has 0 aliphatic heterocycles. The first-order valence-corrected chi connectivity index (χ1v) is 14.2. The minimum atomic E-state index is -0.575. The monoisotopic (exact) mass is 560 g/mol. The first kappa shape index (κ1) is 27.1. The van der Waals surface area contributed by atoms with Gasteiger partial charge in [-0.25, -0.2) is 0 Å². The molecule has 0 saturated heterocycles. The number of nitrogens with zero attached hydrogens (tertiary/aromatic N) is 1. The largest absolute Gasteiger partial charge is 0.352 e. The Bertz CT molecular complexity index is 1160. The summed E-state index contributed by atoms with van der Waals surface area (Å²) in [4.78, 5) is 29.5. The van der Waals surface area contributed by atoms with Crippen LogP contribution in [0.1, 0.15) is 60.8 Å². The van der Waals surface area contributed by atoms with Crippen molar-refractivity contribution >= 4 is 27.7 Å². The van der Waals surface area contributed by atoms with Gasteiger partial charge in [0.2, 0.25) is 11.8 Å². The molecular weight excluding hydrogens is 524 g/mol. The van der Waals surface area contributed by atoms with Gasteiger partial charge in [0.1, 0.15) is 6.04 Å². The van der Waals surface area contributed by atoms with Crippen molar-refractivity contribution in [1.29, 1.82) is 0 Å². The number of rotatable bonds is 10. The number of benzene rings is 3. The van der Waals surface area contributed by atoms with Crippen LogP contribution in [-0.2, 0) is 29.0 Å². The maximum atomic E-state index is 13.8. The molecule has 0 bridgehead atoms. The van der Waals surface area contributed by atoms with Gasteiger partial charge in [0.05, 0.1) is 0 Å². The highest BCUT2D eigenvalue weighted by atomic mass is 79.9. The molecule has 2 amide bonds. The number of aryl methyl sites for hydroxylation is 2. The molecule has 3 aromatic carbocycles. The quantitative estimate of drug-likeness (QED) is 0.297. The molecule has 194 valence electrons. The summed E-state index contributed by atoms with van der Waals surface area (Å²) in [6.07, 6.45) is 7.04. The molecule has 1 fully saturated rings. The van der Waals surface area contributed by atoms with E-state index in [0.717, 1.165) is 46.8 Å². The summed E-state index contributed by atoms with van der Waals surface area (Å²) in [5.74, 6) is -0.0466. The van der Waals surface area contributed by atoms with Crippen molar-refractivity contribution in [3.8, 4) is 0 Å². The fourth-order valence-electron chi connectivity index (χ4n) is 5.08. The summed E-state index contributed by atoms with van der Waals surface area (Å²) in [6.45, 7) is 2.45. The lowest BCUT2D eigenvalue weighted by Gasteiger charge is -2.33. The number of amides is 2. The van der Waals surface area contributed by atoms with Gasteiger partial charge in [-0.05, 0) is 55.0 Å². The minimum Gasteiger partial charge on any atom is -0.352 e. The van der Waals surface area contributed by atoms with E-state index in [-0.39, 0.29) is 17.9 Å². The van der Waals surface area contributed by atoms with Crippen LogP contribution in [0.4, 0.5) is 0 Å². The van der Waals surface area contributed by atoms with Gasteiger partial charge in [-0.15, -0.1) is 0 Å². The summed E-state index contributed by atoms with van der Waals surface area (Å²) >= 11 is 3.56. The zero-order valence-electron chi connectivity index (χ0n) is 21.7. The van der Waals surface area contributed by atoms with E-state index in [0.29, 0.717) is 25.8 Å². The summed E-state index contributed by atoms with van der Waals surface area (Å²) < 4.78 is 0.961. The van der Waals surface area contributed by atoms with E-state index in [1.54, 1.807) is 4.90 Å². The van der Waals surface area contributed by atoms with Crippen LogP contribution >= 0.6 is 15.9 Å². The number of carbonyl (C=O) groups is 2. The smallest absolute Gasteiger partial charge is 0.243 e. The normalized spacial score (nSPS) is 14.6.